The number of hydrogen-bond donors (Lipinski definition) is 1. The molecule has 0 saturated heterocycles. The number of nitrogens with two attached hydrogens (primary N) is 1. The number of rotatable bonds is 7. The molecule has 2 aromatic heterocycles. The van der Waals surface area contributed by atoms with Crippen LogP contribution in [0.15, 0.2) is 53.3 Å². The van der Waals surface area contributed by atoms with E-state index in [0.29, 0.717) is 11.4 Å². The lowest BCUT2D eigenvalue weighted by atomic mass is 10.2. The standard InChI is InChI=1S/C20H19FN4O3S/c1-13-2-8-17(29-13)16-7-9-19(27)25(23-16)12-20(28)24(11-10-18(22)26)15-5-3-14(21)4-6-15/h2-9H,10-12H2,1H3,(H2,22,26). The van der Waals surface area contributed by atoms with Crippen molar-refractivity contribution in [2.24, 2.45) is 5.73 Å². The van der Waals surface area contributed by atoms with Gasteiger partial charge in [0.15, 0.2) is 0 Å². The van der Waals surface area contributed by atoms with Crippen LogP contribution in [0, 0.1) is 12.7 Å². The number of anilines is 1. The Kier molecular flexibility index (Phi) is 6.18. The van der Waals surface area contributed by atoms with Crippen molar-refractivity contribution in [1.29, 1.82) is 0 Å². The van der Waals surface area contributed by atoms with Crippen molar-refractivity contribution in [3.8, 4) is 10.6 Å². The molecule has 3 rings (SSSR count). The van der Waals surface area contributed by atoms with Gasteiger partial charge >= 0.3 is 0 Å². The number of nitrogens with zero attached hydrogens (tertiary/aromatic N) is 3. The molecule has 0 spiro atoms. The summed E-state index contributed by atoms with van der Waals surface area (Å²) < 4.78 is 14.3. The number of benzene rings is 1. The molecule has 0 bridgehead atoms. The predicted octanol–water partition coefficient (Wildman–Crippen LogP) is 2.33. The van der Waals surface area contributed by atoms with Gasteiger partial charge in [0.25, 0.3) is 5.56 Å². The molecule has 0 atom stereocenters. The Morgan fingerprint density at radius 1 is 1.14 bits per heavy atom. The summed E-state index contributed by atoms with van der Waals surface area (Å²) >= 11 is 1.53. The minimum atomic E-state index is -0.574. The van der Waals surface area contributed by atoms with E-state index in [2.05, 4.69) is 5.10 Å². The van der Waals surface area contributed by atoms with Gasteiger partial charge in [-0.25, -0.2) is 9.07 Å². The highest BCUT2D eigenvalue weighted by molar-refractivity contribution is 7.15. The summed E-state index contributed by atoms with van der Waals surface area (Å²) in [7, 11) is 0. The van der Waals surface area contributed by atoms with Crippen molar-refractivity contribution >= 4 is 28.8 Å². The van der Waals surface area contributed by atoms with Crippen LogP contribution in [0.1, 0.15) is 11.3 Å². The van der Waals surface area contributed by atoms with E-state index in [9.17, 15) is 18.8 Å². The fourth-order valence-electron chi connectivity index (χ4n) is 2.72. The molecule has 29 heavy (non-hydrogen) atoms. The zero-order valence-corrected chi connectivity index (χ0v) is 16.5. The molecule has 3 aromatic rings. The Balaban J connectivity index is 1.87. The fraction of sp³-hybridized carbons (Fsp3) is 0.200. The van der Waals surface area contributed by atoms with Crippen molar-refractivity contribution in [2.75, 3.05) is 11.4 Å². The van der Waals surface area contributed by atoms with Gasteiger partial charge in [0.05, 0.1) is 4.88 Å². The molecule has 2 amide bonds. The first-order valence-corrected chi connectivity index (χ1v) is 9.64. The summed E-state index contributed by atoms with van der Waals surface area (Å²) in [5.41, 5.74) is 5.76. The molecular weight excluding hydrogens is 395 g/mol. The predicted molar refractivity (Wildman–Crippen MR) is 109 cm³/mol. The minimum absolute atomic E-state index is 0.0123. The van der Waals surface area contributed by atoms with Crippen LogP contribution in [0.25, 0.3) is 10.6 Å². The Morgan fingerprint density at radius 3 is 2.48 bits per heavy atom. The lowest BCUT2D eigenvalue weighted by Gasteiger charge is -2.22. The van der Waals surface area contributed by atoms with Gasteiger partial charge in [-0.3, -0.25) is 14.4 Å². The number of aromatic nitrogens is 2. The first-order valence-electron chi connectivity index (χ1n) is 8.83. The number of carbonyl (C=O) groups is 2. The first-order chi connectivity index (χ1) is 13.8. The van der Waals surface area contributed by atoms with E-state index in [1.54, 1.807) is 6.07 Å². The maximum absolute atomic E-state index is 13.2. The molecule has 7 nitrogen and oxygen atoms in total. The van der Waals surface area contributed by atoms with Gasteiger partial charge in [-0.1, -0.05) is 0 Å². The van der Waals surface area contributed by atoms with Crippen LogP contribution >= 0.6 is 11.3 Å². The third-order valence-corrected chi connectivity index (χ3v) is 5.19. The molecule has 2 N–H and O–H groups in total. The zero-order valence-electron chi connectivity index (χ0n) is 15.7. The SMILES string of the molecule is Cc1ccc(-c2ccc(=O)n(CC(=O)N(CCC(N)=O)c3ccc(F)cc3)n2)s1. The van der Waals surface area contributed by atoms with E-state index in [-0.39, 0.29) is 19.5 Å². The van der Waals surface area contributed by atoms with Crippen LogP contribution in [-0.2, 0) is 16.1 Å². The average Bonchev–Trinajstić information content (AvgIpc) is 3.11. The summed E-state index contributed by atoms with van der Waals surface area (Å²) in [5, 5.41) is 4.30. The maximum Gasteiger partial charge on any atom is 0.267 e. The third kappa shape index (κ3) is 5.14. The molecule has 1 aromatic carbocycles. The van der Waals surface area contributed by atoms with E-state index >= 15 is 0 Å². The molecule has 0 aliphatic rings. The molecule has 0 aliphatic carbocycles. The molecule has 150 valence electrons. The Bertz CT molecular complexity index is 1090. The second-order valence-electron chi connectivity index (χ2n) is 6.36. The summed E-state index contributed by atoms with van der Waals surface area (Å²) in [6, 6.07) is 12.1. The Labute approximate surface area is 170 Å². The van der Waals surface area contributed by atoms with Crippen LogP contribution in [0.4, 0.5) is 10.1 Å². The number of amides is 2. The Morgan fingerprint density at radius 2 is 1.86 bits per heavy atom. The average molecular weight is 414 g/mol. The maximum atomic E-state index is 13.2. The largest absolute Gasteiger partial charge is 0.370 e. The molecule has 0 radical (unpaired) electrons. The van der Waals surface area contributed by atoms with Crippen LogP contribution in [0.5, 0.6) is 0 Å². The topological polar surface area (TPSA) is 98.3 Å². The summed E-state index contributed by atoms with van der Waals surface area (Å²) in [6.07, 6.45) is -0.0695. The van der Waals surface area contributed by atoms with Crippen molar-refractivity contribution in [3.63, 3.8) is 0 Å². The molecule has 0 fully saturated rings. The highest BCUT2D eigenvalue weighted by Gasteiger charge is 2.19. The summed E-state index contributed by atoms with van der Waals surface area (Å²) in [6.45, 7) is 1.65. The highest BCUT2D eigenvalue weighted by Crippen LogP contribution is 2.25. The first kappa shape index (κ1) is 20.4. The van der Waals surface area contributed by atoms with Gasteiger partial charge in [0, 0.05) is 29.6 Å². The molecular formula is C20H19FN4O3S. The van der Waals surface area contributed by atoms with Crippen molar-refractivity contribution < 1.29 is 14.0 Å². The van der Waals surface area contributed by atoms with Gasteiger partial charge in [-0.05, 0) is 49.4 Å². The number of aryl methyl sites for hydroxylation is 1. The number of hydrogen-bond acceptors (Lipinski definition) is 5. The molecule has 9 heteroatoms. The smallest absolute Gasteiger partial charge is 0.267 e. The van der Waals surface area contributed by atoms with E-state index < -0.39 is 23.2 Å². The van der Waals surface area contributed by atoms with Gasteiger partial charge in [0.2, 0.25) is 11.8 Å². The van der Waals surface area contributed by atoms with Gasteiger partial charge in [-0.2, -0.15) is 5.10 Å². The van der Waals surface area contributed by atoms with E-state index in [0.717, 1.165) is 14.4 Å². The van der Waals surface area contributed by atoms with Gasteiger partial charge in [-0.15, -0.1) is 11.3 Å². The number of thiophene rings is 1. The third-order valence-electron chi connectivity index (χ3n) is 4.17. The monoisotopic (exact) mass is 414 g/mol. The van der Waals surface area contributed by atoms with Gasteiger partial charge < -0.3 is 10.6 Å². The van der Waals surface area contributed by atoms with E-state index in [1.807, 2.05) is 19.1 Å². The summed E-state index contributed by atoms with van der Waals surface area (Å²) in [5.74, 6) is -1.49. The van der Waals surface area contributed by atoms with Crippen molar-refractivity contribution in [1.82, 2.24) is 9.78 Å². The van der Waals surface area contributed by atoms with Crippen LogP contribution < -0.4 is 16.2 Å². The van der Waals surface area contributed by atoms with Crippen LogP contribution in [-0.4, -0.2) is 28.1 Å². The summed E-state index contributed by atoms with van der Waals surface area (Å²) in [4.78, 5) is 39.6. The molecule has 0 saturated carbocycles. The van der Waals surface area contributed by atoms with E-state index in [1.165, 1.54) is 46.6 Å². The van der Waals surface area contributed by atoms with Crippen molar-refractivity contribution in [2.45, 2.75) is 19.9 Å². The lowest BCUT2D eigenvalue weighted by Crippen LogP contribution is -2.39. The molecule has 0 aliphatic heterocycles. The number of halogens is 1. The molecule has 2 heterocycles. The highest BCUT2D eigenvalue weighted by atomic mass is 32.1. The van der Waals surface area contributed by atoms with Crippen LogP contribution in [0.2, 0.25) is 0 Å². The van der Waals surface area contributed by atoms with Gasteiger partial charge in [0.1, 0.15) is 18.1 Å². The fourth-order valence-corrected chi connectivity index (χ4v) is 3.55. The zero-order chi connectivity index (χ0) is 21.0. The second-order valence-corrected chi connectivity index (χ2v) is 7.65. The minimum Gasteiger partial charge on any atom is -0.370 e. The lowest BCUT2D eigenvalue weighted by molar-refractivity contribution is -0.119. The second kappa shape index (κ2) is 8.78. The van der Waals surface area contributed by atoms with E-state index in [4.69, 9.17) is 5.73 Å². The quantitative estimate of drug-likeness (QED) is 0.641. The number of carbonyl (C=O) groups excluding carboxylic acids is 2. The molecule has 0 unspecified atom stereocenters. The van der Waals surface area contributed by atoms with Crippen LogP contribution in [0.3, 0.4) is 0 Å². The normalized spacial score (nSPS) is 10.7. The van der Waals surface area contributed by atoms with Crippen molar-refractivity contribution in [3.05, 3.63) is 69.6 Å². The number of primary amides is 1. The Hall–Kier alpha value is -3.33.